The number of methoxy groups -OCH3 is 1. The first-order chi connectivity index (χ1) is 8.02. The summed E-state index contributed by atoms with van der Waals surface area (Å²) in [5.74, 6) is -0.0729. The lowest BCUT2D eigenvalue weighted by Gasteiger charge is -2.32. The summed E-state index contributed by atoms with van der Waals surface area (Å²) >= 11 is 3.30. The van der Waals surface area contributed by atoms with Crippen LogP contribution in [0.1, 0.15) is 19.3 Å². The third kappa shape index (κ3) is 5.04. The zero-order valence-corrected chi connectivity index (χ0v) is 11.6. The van der Waals surface area contributed by atoms with Crippen molar-refractivity contribution in [1.29, 1.82) is 0 Å². The Morgan fingerprint density at radius 2 is 2.06 bits per heavy atom. The van der Waals surface area contributed by atoms with Crippen molar-refractivity contribution >= 4 is 27.8 Å². The molecule has 1 amide bonds. The van der Waals surface area contributed by atoms with Crippen molar-refractivity contribution in [3.8, 4) is 0 Å². The van der Waals surface area contributed by atoms with Gasteiger partial charge in [0.1, 0.15) is 4.83 Å². The molecule has 0 aliphatic carbocycles. The lowest BCUT2D eigenvalue weighted by molar-refractivity contribution is -0.140. The Hall–Kier alpha value is -0.620. The number of nitrogens with zero attached hydrogens (tertiary/aromatic N) is 1. The summed E-state index contributed by atoms with van der Waals surface area (Å²) in [5, 5.41) is 0. The normalized spacial score (nSPS) is 19.9. The predicted molar refractivity (Wildman–Crippen MR) is 67.7 cm³/mol. The van der Waals surface area contributed by atoms with E-state index in [9.17, 15) is 9.59 Å². The molecular weight excluding hydrogens is 288 g/mol. The van der Waals surface area contributed by atoms with Crippen LogP contribution in [0.25, 0.3) is 0 Å². The third-order valence-corrected chi connectivity index (χ3v) is 3.74. The van der Waals surface area contributed by atoms with Gasteiger partial charge in [0.05, 0.1) is 7.11 Å². The molecule has 1 aliphatic rings. The zero-order chi connectivity index (χ0) is 12.8. The number of esters is 1. The first-order valence-corrected chi connectivity index (χ1v) is 6.67. The van der Waals surface area contributed by atoms with Gasteiger partial charge in [0.15, 0.2) is 0 Å². The number of hydrogen-bond donors (Lipinski definition) is 1. The minimum Gasteiger partial charge on any atom is -0.468 e. The maximum Gasteiger partial charge on any atom is 0.320 e. The second kappa shape index (κ2) is 6.96. The second-order valence-corrected chi connectivity index (χ2v) is 5.51. The molecule has 1 rings (SSSR count). The molecule has 0 spiro atoms. The average Bonchev–Trinajstić information content (AvgIpc) is 2.30. The molecule has 1 unspecified atom stereocenters. The van der Waals surface area contributed by atoms with Crippen LogP contribution in [0.15, 0.2) is 0 Å². The third-order valence-electron chi connectivity index (χ3n) is 3.07. The Morgan fingerprint density at radius 3 is 2.53 bits per heavy atom. The Kier molecular flexibility index (Phi) is 5.91. The van der Waals surface area contributed by atoms with Crippen LogP contribution in [0.5, 0.6) is 0 Å². The number of alkyl halides is 1. The van der Waals surface area contributed by atoms with E-state index in [0.717, 1.165) is 25.9 Å². The number of likely N-dealkylation sites (tertiary alicyclic amines) is 1. The lowest BCUT2D eigenvalue weighted by atomic mass is 9.93. The summed E-state index contributed by atoms with van der Waals surface area (Å²) in [4.78, 5) is 24.0. The smallest absolute Gasteiger partial charge is 0.320 e. The van der Waals surface area contributed by atoms with Crippen LogP contribution in [0, 0.1) is 5.92 Å². The van der Waals surface area contributed by atoms with Crippen LogP contribution in [0.3, 0.4) is 0 Å². The molecule has 1 heterocycles. The molecule has 0 radical (unpaired) electrons. The highest BCUT2D eigenvalue weighted by atomic mass is 79.9. The quantitative estimate of drug-likeness (QED) is 0.593. The Bertz CT molecular complexity index is 278. The van der Waals surface area contributed by atoms with E-state index in [0.29, 0.717) is 18.9 Å². The summed E-state index contributed by atoms with van der Waals surface area (Å²) < 4.78 is 4.65. The predicted octanol–water partition coefficient (Wildman–Crippen LogP) is 0.510. The topological polar surface area (TPSA) is 72.6 Å². The molecule has 1 atom stereocenters. The van der Waals surface area contributed by atoms with Crippen LogP contribution in [0.2, 0.25) is 0 Å². The number of amides is 1. The van der Waals surface area contributed by atoms with Crippen LogP contribution in [-0.2, 0) is 14.3 Å². The van der Waals surface area contributed by atoms with Gasteiger partial charge in [0.25, 0.3) is 0 Å². The molecule has 5 nitrogen and oxygen atoms in total. The number of primary amides is 1. The fourth-order valence-electron chi connectivity index (χ4n) is 2.09. The number of piperidine rings is 1. The van der Waals surface area contributed by atoms with E-state index in [1.165, 1.54) is 7.11 Å². The van der Waals surface area contributed by atoms with Crippen LogP contribution in [0.4, 0.5) is 0 Å². The van der Waals surface area contributed by atoms with Gasteiger partial charge in [-0.2, -0.15) is 0 Å². The Balaban J connectivity index is 2.27. The molecule has 2 N–H and O–H groups in total. The van der Waals surface area contributed by atoms with E-state index in [1.807, 2.05) is 0 Å². The van der Waals surface area contributed by atoms with Crippen molar-refractivity contribution in [3.05, 3.63) is 0 Å². The molecule has 1 saturated heterocycles. The number of ether oxygens (including phenoxy) is 1. The highest BCUT2D eigenvalue weighted by Gasteiger charge is 2.24. The molecule has 17 heavy (non-hydrogen) atoms. The van der Waals surface area contributed by atoms with Crippen molar-refractivity contribution < 1.29 is 14.3 Å². The highest BCUT2D eigenvalue weighted by molar-refractivity contribution is 9.10. The molecule has 0 bridgehead atoms. The molecule has 0 aromatic carbocycles. The fourth-order valence-corrected chi connectivity index (χ4v) is 2.68. The van der Waals surface area contributed by atoms with Gasteiger partial charge in [-0.3, -0.25) is 9.59 Å². The zero-order valence-electron chi connectivity index (χ0n) is 10.0. The van der Waals surface area contributed by atoms with E-state index >= 15 is 0 Å². The van der Waals surface area contributed by atoms with Crippen molar-refractivity contribution in [2.24, 2.45) is 11.7 Å². The monoisotopic (exact) mass is 306 g/mol. The summed E-state index contributed by atoms with van der Waals surface area (Å²) in [5.41, 5.74) is 5.18. The summed E-state index contributed by atoms with van der Waals surface area (Å²) in [6, 6.07) is 0. The van der Waals surface area contributed by atoms with Gasteiger partial charge in [-0.05, 0) is 31.8 Å². The minimum atomic E-state index is -0.278. The number of nitrogens with two attached hydrogens (primary N) is 1. The minimum absolute atomic E-state index is 0.226. The molecule has 0 aromatic heterocycles. The molecule has 0 aromatic rings. The van der Waals surface area contributed by atoms with E-state index in [1.54, 1.807) is 0 Å². The Labute approximate surface area is 110 Å². The van der Waals surface area contributed by atoms with E-state index in [-0.39, 0.29) is 16.7 Å². The van der Waals surface area contributed by atoms with Crippen molar-refractivity contribution in [1.82, 2.24) is 4.90 Å². The Morgan fingerprint density at radius 1 is 1.47 bits per heavy atom. The number of hydrogen-bond acceptors (Lipinski definition) is 4. The molecule has 1 aliphatic heterocycles. The van der Waals surface area contributed by atoms with Crippen LogP contribution in [-0.4, -0.2) is 48.3 Å². The average molecular weight is 307 g/mol. The standard InChI is InChI=1S/C11H19BrN2O3/c1-17-11(16)9(12)7-14-4-2-8(3-5-14)6-10(13)15/h8-9H,2-7H2,1H3,(H2,13,15). The molecule has 98 valence electrons. The molecular formula is C11H19BrN2O3. The summed E-state index contributed by atoms with van der Waals surface area (Å²) in [6.45, 7) is 2.45. The van der Waals surface area contributed by atoms with Gasteiger partial charge in [-0.25, -0.2) is 0 Å². The molecule has 0 saturated carbocycles. The summed E-state index contributed by atoms with van der Waals surface area (Å²) in [7, 11) is 1.38. The first kappa shape index (κ1) is 14.4. The molecule has 6 heteroatoms. The van der Waals surface area contributed by atoms with E-state index < -0.39 is 0 Å². The van der Waals surface area contributed by atoms with Crippen molar-refractivity contribution in [2.45, 2.75) is 24.1 Å². The van der Waals surface area contributed by atoms with Crippen molar-refractivity contribution in [2.75, 3.05) is 26.7 Å². The summed E-state index contributed by atoms with van der Waals surface area (Å²) in [6.07, 6.45) is 2.40. The van der Waals surface area contributed by atoms with E-state index in [2.05, 4.69) is 25.6 Å². The van der Waals surface area contributed by atoms with Gasteiger partial charge in [-0.1, -0.05) is 15.9 Å². The SMILES string of the molecule is COC(=O)C(Br)CN1CCC(CC(N)=O)CC1. The van der Waals surface area contributed by atoms with Crippen molar-refractivity contribution in [3.63, 3.8) is 0 Å². The van der Waals surface area contributed by atoms with Crippen LogP contribution >= 0.6 is 15.9 Å². The number of carbonyl (C=O) groups is 2. The maximum absolute atomic E-state index is 11.2. The van der Waals surface area contributed by atoms with Gasteiger partial charge in [0.2, 0.25) is 5.91 Å². The molecule has 1 fully saturated rings. The fraction of sp³-hybridized carbons (Fsp3) is 0.818. The van der Waals surface area contributed by atoms with Gasteiger partial charge >= 0.3 is 5.97 Å². The van der Waals surface area contributed by atoms with Gasteiger partial charge < -0.3 is 15.4 Å². The number of rotatable bonds is 5. The largest absolute Gasteiger partial charge is 0.468 e. The van der Waals surface area contributed by atoms with Crippen LogP contribution < -0.4 is 5.73 Å². The van der Waals surface area contributed by atoms with Gasteiger partial charge in [0, 0.05) is 13.0 Å². The number of halogens is 1. The van der Waals surface area contributed by atoms with E-state index in [4.69, 9.17) is 5.73 Å². The lowest BCUT2D eigenvalue weighted by Crippen LogP contribution is -2.40. The second-order valence-electron chi connectivity index (χ2n) is 4.41. The first-order valence-electron chi connectivity index (χ1n) is 5.75. The maximum atomic E-state index is 11.2. The number of carbonyl (C=O) groups excluding carboxylic acids is 2. The van der Waals surface area contributed by atoms with Gasteiger partial charge in [-0.15, -0.1) is 0 Å². The highest BCUT2D eigenvalue weighted by Crippen LogP contribution is 2.21.